The molecule has 0 aliphatic rings. The summed E-state index contributed by atoms with van der Waals surface area (Å²) in [5, 5.41) is 23.3. The summed E-state index contributed by atoms with van der Waals surface area (Å²) in [6.07, 6.45) is 64.5. The standard InChI is InChI=1S/C58H111NO5/c1-3-5-7-9-11-13-15-17-19-21-23-24-26-30-34-38-42-46-50-56(61)55(54-60)59-57(62)51-47-43-39-35-31-28-29-33-37-41-45-49-53-64-58(63)52-48-44-40-36-32-27-25-22-20-18-16-14-12-10-8-6-4-2/h18,20,29,33,55-56,60-61H,3-17,19,21-28,30-32,34-54H2,1-2H3,(H,59,62)/b20-18-,33-29-. The maximum absolute atomic E-state index is 12.5. The molecule has 0 spiro atoms. The zero-order chi connectivity index (χ0) is 46.5. The van der Waals surface area contributed by atoms with Crippen LogP contribution < -0.4 is 5.32 Å². The van der Waals surface area contributed by atoms with Crippen molar-refractivity contribution in [3.8, 4) is 0 Å². The molecule has 2 unspecified atom stereocenters. The van der Waals surface area contributed by atoms with Crippen LogP contribution in [0.25, 0.3) is 0 Å². The second kappa shape index (κ2) is 54.0. The highest BCUT2D eigenvalue weighted by Crippen LogP contribution is 2.17. The van der Waals surface area contributed by atoms with Crippen molar-refractivity contribution < 1.29 is 24.5 Å². The minimum atomic E-state index is -0.681. The van der Waals surface area contributed by atoms with Gasteiger partial charge in [-0.15, -0.1) is 0 Å². The summed E-state index contributed by atoms with van der Waals surface area (Å²) >= 11 is 0. The molecule has 0 radical (unpaired) electrons. The molecular weight excluding hydrogens is 791 g/mol. The van der Waals surface area contributed by atoms with Crippen LogP contribution in [0.15, 0.2) is 24.3 Å². The fourth-order valence-corrected chi connectivity index (χ4v) is 8.81. The number of esters is 1. The first-order valence-corrected chi connectivity index (χ1v) is 28.6. The van der Waals surface area contributed by atoms with Gasteiger partial charge in [0.05, 0.1) is 25.4 Å². The van der Waals surface area contributed by atoms with E-state index in [1.54, 1.807) is 0 Å². The van der Waals surface area contributed by atoms with Crippen molar-refractivity contribution in [2.24, 2.45) is 0 Å². The van der Waals surface area contributed by atoms with Gasteiger partial charge in [0, 0.05) is 12.8 Å². The smallest absolute Gasteiger partial charge is 0.305 e. The lowest BCUT2D eigenvalue weighted by molar-refractivity contribution is -0.143. The van der Waals surface area contributed by atoms with E-state index in [-0.39, 0.29) is 18.5 Å². The molecule has 1 amide bonds. The van der Waals surface area contributed by atoms with Crippen molar-refractivity contribution in [3.05, 3.63) is 24.3 Å². The highest BCUT2D eigenvalue weighted by molar-refractivity contribution is 5.76. The normalized spacial score (nSPS) is 12.8. The Morgan fingerprint density at radius 1 is 0.422 bits per heavy atom. The van der Waals surface area contributed by atoms with Crippen LogP contribution in [0, 0.1) is 0 Å². The lowest BCUT2D eigenvalue weighted by Gasteiger charge is -2.22. The number of aliphatic hydroxyl groups excluding tert-OH is 2. The summed E-state index contributed by atoms with van der Waals surface area (Å²) in [5.74, 6) is -0.0845. The van der Waals surface area contributed by atoms with Crippen LogP contribution >= 0.6 is 0 Å². The van der Waals surface area contributed by atoms with E-state index in [9.17, 15) is 19.8 Å². The van der Waals surface area contributed by atoms with Gasteiger partial charge in [-0.05, 0) is 83.5 Å². The summed E-state index contributed by atoms with van der Waals surface area (Å²) in [6.45, 7) is 4.90. The Morgan fingerprint density at radius 2 is 0.734 bits per heavy atom. The van der Waals surface area contributed by atoms with E-state index in [4.69, 9.17) is 4.74 Å². The first-order valence-electron chi connectivity index (χ1n) is 28.6. The third-order valence-electron chi connectivity index (χ3n) is 13.2. The maximum Gasteiger partial charge on any atom is 0.305 e. The number of hydrogen-bond donors (Lipinski definition) is 3. The minimum absolute atomic E-state index is 0.0256. The van der Waals surface area contributed by atoms with Gasteiger partial charge in [-0.25, -0.2) is 0 Å². The molecule has 6 heteroatoms. The summed E-state index contributed by atoms with van der Waals surface area (Å²) < 4.78 is 5.46. The molecule has 0 saturated carbocycles. The highest BCUT2D eigenvalue weighted by atomic mass is 16.5. The number of unbranched alkanes of at least 4 members (excludes halogenated alkanes) is 38. The van der Waals surface area contributed by atoms with Gasteiger partial charge in [-0.2, -0.15) is 0 Å². The van der Waals surface area contributed by atoms with E-state index < -0.39 is 12.1 Å². The average Bonchev–Trinajstić information content (AvgIpc) is 3.29. The molecule has 2 atom stereocenters. The summed E-state index contributed by atoms with van der Waals surface area (Å²) in [5.41, 5.74) is 0. The SMILES string of the molecule is CCCCCCCC/C=C\CCCCCCCCCC(=O)OCCCCC/C=C\CCCCCCCC(=O)NC(CO)C(O)CCCCCCCCCCCCCCCCCCCC. The summed E-state index contributed by atoms with van der Waals surface area (Å²) in [4.78, 5) is 24.5. The van der Waals surface area contributed by atoms with Crippen LogP contribution in [-0.2, 0) is 14.3 Å². The van der Waals surface area contributed by atoms with Gasteiger partial charge in [0.15, 0.2) is 0 Å². The van der Waals surface area contributed by atoms with E-state index in [0.29, 0.717) is 25.9 Å². The minimum Gasteiger partial charge on any atom is -0.466 e. The third-order valence-corrected chi connectivity index (χ3v) is 13.2. The number of ether oxygens (including phenoxy) is 1. The molecule has 0 aromatic heterocycles. The number of carbonyl (C=O) groups excluding carboxylic acids is 2. The summed E-state index contributed by atoms with van der Waals surface area (Å²) in [6, 6.07) is -0.561. The number of aliphatic hydroxyl groups is 2. The second-order valence-electron chi connectivity index (χ2n) is 19.6. The Kier molecular flexibility index (Phi) is 52.6. The zero-order valence-electron chi connectivity index (χ0n) is 43.0. The van der Waals surface area contributed by atoms with Gasteiger partial charge < -0.3 is 20.3 Å². The number of carbonyl (C=O) groups is 2. The summed E-state index contributed by atoms with van der Waals surface area (Å²) in [7, 11) is 0. The number of nitrogens with one attached hydrogen (secondary N) is 1. The molecule has 0 bridgehead atoms. The Balaban J connectivity index is 3.49. The van der Waals surface area contributed by atoms with E-state index in [1.165, 1.54) is 199 Å². The van der Waals surface area contributed by atoms with Crippen molar-refractivity contribution in [1.29, 1.82) is 0 Å². The van der Waals surface area contributed by atoms with Gasteiger partial charge in [0.1, 0.15) is 0 Å². The fraction of sp³-hybridized carbons (Fsp3) is 0.897. The molecule has 0 saturated heterocycles. The van der Waals surface area contributed by atoms with Crippen molar-refractivity contribution in [1.82, 2.24) is 5.32 Å². The van der Waals surface area contributed by atoms with E-state index in [1.807, 2.05) is 0 Å². The molecule has 0 aromatic rings. The predicted molar refractivity (Wildman–Crippen MR) is 278 cm³/mol. The quantitative estimate of drug-likeness (QED) is 0.0321. The second-order valence-corrected chi connectivity index (χ2v) is 19.6. The van der Waals surface area contributed by atoms with E-state index in [2.05, 4.69) is 43.5 Å². The molecule has 64 heavy (non-hydrogen) atoms. The molecule has 0 aliphatic carbocycles. The predicted octanol–water partition coefficient (Wildman–Crippen LogP) is 17.5. The van der Waals surface area contributed by atoms with Crippen molar-refractivity contribution in [2.75, 3.05) is 13.2 Å². The Hall–Kier alpha value is -1.66. The third kappa shape index (κ3) is 49.8. The van der Waals surface area contributed by atoms with E-state index in [0.717, 1.165) is 77.0 Å². The first kappa shape index (κ1) is 62.3. The van der Waals surface area contributed by atoms with Crippen LogP contribution in [-0.4, -0.2) is 47.4 Å². The molecule has 0 heterocycles. The van der Waals surface area contributed by atoms with Gasteiger partial charge in [0.25, 0.3) is 0 Å². The molecular formula is C58H111NO5. The lowest BCUT2D eigenvalue weighted by atomic mass is 10.0. The Labute approximate surface area is 399 Å². The number of hydrogen-bond acceptors (Lipinski definition) is 5. The van der Waals surface area contributed by atoms with Gasteiger partial charge in [-0.3, -0.25) is 9.59 Å². The number of allylic oxidation sites excluding steroid dienone is 4. The fourth-order valence-electron chi connectivity index (χ4n) is 8.81. The topological polar surface area (TPSA) is 95.9 Å². The van der Waals surface area contributed by atoms with Gasteiger partial charge in [0.2, 0.25) is 5.91 Å². The largest absolute Gasteiger partial charge is 0.466 e. The lowest BCUT2D eigenvalue weighted by Crippen LogP contribution is -2.45. The molecule has 0 fully saturated rings. The van der Waals surface area contributed by atoms with Crippen LogP contribution in [0.3, 0.4) is 0 Å². The molecule has 0 aliphatic heterocycles. The highest BCUT2D eigenvalue weighted by Gasteiger charge is 2.20. The molecule has 6 nitrogen and oxygen atoms in total. The van der Waals surface area contributed by atoms with Crippen molar-refractivity contribution in [2.45, 2.75) is 321 Å². The van der Waals surface area contributed by atoms with Crippen LogP contribution in [0.4, 0.5) is 0 Å². The Bertz CT molecular complexity index is 997. The van der Waals surface area contributed by atoms with Crippen LogP contribution in [0.2, 0.25) is 0 Å². The Morgan fingerprint density at radius 3 is 1.11 bits per heavy atom. The van der Waals surface area contributed by atoms with Gasteiger partial charge in [-0.1, -0.05) is 237 Å². The van der Waals surface area contributed by atoms with Crippen molar-refractivity contribution in [3.63, 3.8) is 0 Å². The van der Waals surface area contributed by atoms with E-state index >= 15 is 0 Å². The number of amides is 1. The monoisotopic (exact) mass is 902 g/mol. The van der Waals surface area contributed by atoms with Crippen molar-refractivity contribution >= 4 is 11.9 Å². The number of rotatable bonds is 53. The molecule has 0 aromatic carbocycles. The maximum atomic E-state index is 12.5. The molecule has 0 rings (SSSR count). The first-order chi connectivity index (χ1) is 31.5. The molecule has 3 N–H and O–H groups in total. The van der Waals surface area contributed by atoms with Crippen LogP contribution in [0.1, 0.15) is 309 Å². The zero-order valence-corrected chi connectivity index (χ0v) is 43.0. The average molecular weight is 903 g/mol. The van der Waals surface area contributed by atoms with Gasteiger partial charge >= 0.3 is 5.97 Å². The van der Waals surface area contributed by atoms with Crippen LogP contribution in [0.5, 0.6) is 0 Å². The molecule has 378 valence electrons.